The van der Waals surface area contributed by atoms with Gasteiger partial charge in [-0.05, 0) is 12.1 Å². The normalized spacial score (nSPS) is 18.1. The lowest BCUT2D eigenvalue weighted by atomic mass is 10.2. The lowest BCUT2D eigenvalue weighted by Gasteiger charge is -2.20. The molecule has 0 unspecified atom stereocenters. The van der Waals surface area contributed by atoms with Gasteiger partial charge in [-0.25, -0.2) is 4.79 Å². The zero-order valence-corrected chi connectivity index (χ0v) is 11.7. The van der Waals surface area contributed by atoms with E-state index in [1.54, 1.807) is 24.3 Å². The fourth-order valence-corrected chi connectivity index (χ4v) is 3.46. The number of amides is 1. The second-order valence-corrected chi connectivity index (χ2v) is 5.72. The Hall–Kier alpha value is -2.28. The first kappa shape index (κ1) is 13.7. The summed E-state index contributed by atoms with van der Waals surface area (Å²) in [4.78, 5) is 39.8. The number of carbonyl (C=O) groups is 2. The summed E-state index contributed by atoms with van der Waals surface area (Å²) in [5.74, 6) is -0.824. The number of H-pyrrole nitrogens is 1. The van der Waals surface area contributed by atoms with E-state index in [0.29, 0.717) is 22.5 Å². The first-order valence-corrected chi connectivity index (χ1v) is 7.47. The van der Waals surface area contributed by atoms with Gasteiger partial charge in [0.05, 0.1) is 5.88 Å². The van der Waals surface area contributed by atoms with Gasteiger partial charge in [0.15, 0.2) is 5.43 Å². The number of nitrogens with zero attached hydrogens (tertiary/aromatic N) is 1. The Morgan fingerprint density at radius 2 is 2.10 bits per heavy atom. The van der Waals surface area contributed by atoms with Crippen LogP contribution in [0.4, 0.5) is 0 Å². The Balaban J connectivity index is 2.02. The maximum Gasteiger partial charge on any atom is 0.327 e. The lowest BCUT2D eigenvalue weighted by molar-refractivity contribution is -0.140. The fraction of sp³-hybridized carbons (Fsp3) is 0.214. The maximum atomic E-state index is 12.4. The van der Waals surface area contributed by atoms with Gasteiger partial charge in [-0.15, -0.1) is 11.8 Å². The monoisotopic (exact) mass is 304 g/mol. The molecule has 3 rings (SSSR count). The van der Waals surface area contributed by atoms with Crippen molar-refractivity contribution < 1.29 is 14.7 Å². The Morgan fingerprint density at radius 1 is 1.33 bits per heavy atom. The van der Waals surface area contributed by atoms with Gasteiger partial charge in [0.25, 0.3) is 5.91 Å². The molecule has 0 aliphatic carbocycles. The number of hydrogen-bond donors (Lipinski definition) is 2. The molecule has 21 heavy (non-hydrogen) atoms. The number of carboxylic acids is 1. The highest BCUT2D eigenvalue weighted by atomic mass is 32.2. The van der Waals surface area contributed by atoms with Crippen LogP contribution in [0.5, 0.6) is 0 Å². The van der Waals surface area contributed by atoms with E-state index in [1.165, 1.54) is 22.7 Å². The summed E-state index contributed by atoms with van der Waals surface area (Å²) >= 11 is 1.38. The smallest absolute Gasteiger partial charge is 0.327 e. The predicted molar refractivity (Wildman–Crippen MR) is 79.5 cm³/mol. The predicted octanol–water partition coefficient (Wildman–Crippen LogP) is 1.13. The van der Waals surface area contributed by atoms with E-state index < -0.39 is 17.9 Å². The third-order valence-corrected chi connectivity index (χ3v) is 4.41. The number of aliphatic carboxylic acids is 1. The second-order valence-electron chi connectivity index (χ2n) is 4.72. The molecule has 0 bridgehead atoms. The van der Waals surface area contributed by atoms with Crippen LogP contribution in [0.3, 0.4) is 0 Å². The molecule has 1 atom stereocenters. The molecule has 0 saturated carbocycles. The van der Waals surface area contributed by atoms with Crippen molar-refractivity contribution in [3.05, 3.63) is 46.2 Å². The van der Waals surface area contributed by atoms with Crippen molar-refractivity contribution >= 4 is 34.5 Å². The number of carbonyl (C=O) groups excluding carboxylic acids is 1. The van der Waals surface area contributed by atoms with Crippen molar-refractivity contribution in [3.8, 4) is 0 Å². The zero-order valence-electron chi connectivity index (χ0n) is 10.9. The molecular formula is C14H12N2O4S. The molecule has 0 spiro atoms. The Morgan fingerprint density at radius 3 is 2.86 bits per heavy atom. The highest BCUT2D eigenvalue weighted by Gasteiger charge is 2.35. The minimum atomic E-state index is -1.03. The molecule has 1 aliphatic heterocycles. The van der Waals surface area contributed by atoms with E-state index in [1.807, 2.05) is 0 Å². The number of fused-ring (bicyclic) bond motifs is 1. The second kappa shape index (κ2) is 5.25. The first-order chi connectivity index (χ1) is 10.1. The van der Waals surface area contributed by atoms with Crippen molar-refractivity contribution in [2.75, 3.05) is 11.6 Å². The molecule has 6 nitrogen and oxygen atoms in total. The quantitative estimate of drug-likeness (QED) is 0.868. The van der Waals surface area contributed by atoms with Gasteiger partial charge >= 0.3 is 5.97 Å². The topological polar surface area (TPSA) is 90.5 Å². The summed E-state index contributed by atoms with van der Waals surface area (Å²) in [6, 6.07) is 7.27. The van der Waals surface area contributed by atoms with Gasteiger partial charge < -0.3 is 15.0 Å². The molecule has 1 aliphatic rings. The third-order valence-electron chi connectivity index (χ3n) is 3.40. The van der Waals surface area contributed by atoms with Crippen molar-refractivity contribution in [2.24, 2.45) is 0 Å². The molecular weight excluding hydrogens is 292 g/mol. The summed E-state index contributed by atoms with van der Waals surface area (Å²) in [7, 11) is 0. The average molecular weight is 304 g/mol. The van der Waals surface area contributed by atoms with Gasteiger partial charge in [0, 0.05) is 22.7 Å². The molecule has 2 N–H and O–H groups in total. The van der Waals surface area contributed by atoms with E-state index >= 15 is 0 Å². The SMILES string of the molecule is O=C(O)[C@@H]1CSCN1C(=O)c1cc(=O)c2ccccc2[nH]1. The Labute approximate surface area is 123 Å². The summed E-state index contributed by atoms with van der Waals surface area (Å²) < 4.78 is 0. The first-order valence-electron chi connectivity index (χ1n) is 6.31. The van der Waals surface area contributed by atoms with E-state index in [9.17, 15) is 14.4 Å². The number of para-hydroxylation sites is 1. The van der Waals surface area contributed by atoms with Crippen LogP contribution < -0.4 is 5.43 Å². The summed E-state index contributed by atoms with van der Waals surface area (Å²) in [6.45, 7) is 0. The molecule has 2 heterocycles. The van der Waals surface area contributed by atoms with Gasteiger partial charge in [-0.1, -0.05) is 12.1 Å². The summed E-state index contributed by atoms with van der Waals surface area (Å²) in [5, 5.41) is 9.63. The number of hydrogen-bond acceptors (Lipinski definition) is 4. The number of nitrogens with one attached hydrogen (secondary N) is 1. The van der Waals surface area contributed by atoms with Crippen LogP contribution >= 0.6 is 11.8 Å². The largest absolute Gasteiger partial charge is 0.480 e. The summed E-state index contributed by atoms with van der Waals surface area (Å²) in [6.07, 6.45) is 0. The molecule has 0 radical (unpaired) electrons. The number of rotatable bonds is 2. The summed E-state index contributed by atoms with van der Waals surface area (Å²) in [5.41, 5.74) is 0.422. The van der Waals surface area contributed by atoms with Crippen LogP contribution in [-0.2, 0) is 4.79 Å². The van der Waals surface area contributed by atoms with Crippen LogP contribution in [-0.4, -0.2) is 44.5 Å². The third kappa shape index (κ3) is 2.40. The van der Waals surface area contributed by atoms with Crippen LogP contribution in [0.1, 0.15) is 10.5 Å². The van der Waals surface area contributed by atoms with Crippen molar-refractivity contribution in [3.63, 3.8) is 0 Å². The highest BCUT2D eigenvalue weighted by Crippen LogP contribution is 2.23. The minimum Gasteiger partial charge on any atom is -0.480 e. The number of thioether (sulfide) groups is 1. The van der Waals surface area contributed by atoms with E-state index in [4.69, 9.17) is 5.11 Å². The van der Waals surface area contributed by atoms with Crippen molar-refractivity contribution in [1.29, 1.82) is 0 Å². The molecule has 1 saturated heterocycles. The van der Waals surface area contributed by atoms with E-state index in [2.05, 4.69) is 4.98 Å². The van der Waals surface area contributed by atoms with Crippen LogP contribution in [0.25, 0.3) is 10.9 Å². The molecule has 7 heteroatoms. The average Bonchev–Trinajstić information content (AvgIpc) is 2.96. The number of aromatic amines is 1. The minimum absolute atomic E-state index is 0.118. The number of benzene rings is 1. The maximum absolute atomic E-state index is 12.4. The van der Waals surface area contributed by atoms with Gasteiger partial charge in [-0.2, -0.15) is 0 Å². The van der Waals surface area contributed by atoms with Gasteiger partial charge in [0.1, 0.15) is 11.7 Å². The molecule has 1 fully saturated rings. The number of carboxylic acid groups (broad SMARTS) is 1. The van der Waals surface area contributed by atoms with Crippen molar-refractivity contribution in [1.82, 2.24) is 9.88 Å². The number of pyridine rings is 1. The molecule has 1 amide bonds. The molecule has 1 aromatic carbocycles. The standard InChI is InChI=1S/C14H12N2O4S/c17-12-5-10(15-9-4-2-1-3-8(9)12)13(18)16-7-21-6-11(16)14(19)20/h1-5,11H,6-7H2,(H,15,17)(H,19,20)/t11-/m0/s1. The van der Waals surface area contributed by atoms with Crippen LogP contribution in [0, 0.1) is 0 Å². The van der Waals surface area contributed by atoms with E-state index in [-0.39, 0.29) is 11.1 Å². The Bertz CT molecular complexity index is 786. The molecule has 1 aromatic heterocycles. The van der Waals surface area contributed by atoms with Crippen LogP contribution in [0.2, 0.25) is 0 Å². The fourth-order valence-electron chi connectivity index (χ4n) is 2.31. The van der Waals surface area contributed by atoms with Crippen molar-refractivity contribution in [2.45, 2.75) is 6.04 Å². The van der Waals surface area contributed by atoms with E-state index in [0.717, 1.165) is 0 Å². The Kier molecular flexibility index (Phi) is 3.42. The molecule has 2 aromatic rings. The van der Waals surface area contributed by atoms with Gasteiger partial charge in [0.2, 0.25) is 0 Å². The molecule has 108 valence electrons. The number of aromatic nitrogens is 1. The highest BCUT2D eigenvalue weighted by molar-refractivity contribution is 7.99. The zero-order chi connectivity index (χ0) is 15.0. The van der Waals surface area contributed by atoms with Gasteiger partial charge in [-0.3, -0.25) is 9.59 Å². The lowest BCUT2D eigenvalue weighted by Crippen LogP contribution is -2.42. The van der Waals surface area contributed by atoms with Crippen LogP contribution in [0.15, 0.2) is 35.1 Å².